The number of rotatable bonds is 5. The number of hydrogen-bond acceptors (Lipinski definition) is 4. The summed E-state index contributed by atoms with van der Waals surface area (Å²) < 4.78 is 4.95. The molecule has 1 aromatic rings. The molecule has 0 aliphatic carbocycles. The molecule has 0 atom stereocenters. The lowest BCUT2D eigenvalue weighted by molar-refractivity contribution is -0.120. The first-order valence-corrected chi connectivity index (χ1v) is 4.19. The molecular formula is C9H12N2O3. The molecule has 0 aromatic carbocycles. The molecule has 0 aliphatic heterocycles. The number of aliphatic hydroxyl groups is 1. The van der Waals surface area contributed by atoms with Crippen LogP contribution in [0.4, 0.5) is 0 Å². The van der Waals surface area contributed by atoms with E-state index in [0.717, 1.165) is 5.56 Å². The van der Waals surface area contributed by atoms with Crippen LogP contribution >= 0.6 is 0 Å². The van der Waals surface area contributed by atoms with E-state index >= 15 is 0 Å². The van der Waals surface area contributed by atoms with E-state index < -0.39 is 5.91 Å². The molecule has 76 valence electrons. The molecule has 14 heavy (non-hydrogen) atoms. The Morgan fingerprint density at radius 1 is 1.57 bits per heavy atom. The lowest BCUT2D eigenvalue weighted by atomic mass is 10.2. The van der Waals surface area contributed by atoms with Crippen molar-refractivity contribution >= 4 is 5.91 Å². The van der Waals surface area contributed by atoms with Crippen LogP contribution in [0.15, 0.2) is 18.3 Å². The molecule has 0 fully saturated rings. The van der Waals surface area contributed by atoms with Gasteiger partial charge in [0.25, 0.3) is 5.91 Å². The van der Waals surface area contributed by atoms with Crippen LogP contribution in [0.5, 0.6) is 5.88 Å². The van der Waals surface area contributed by atoms with Crippen molar-refractivity contribution in [1.29, 1.82) is 0 Å². The van der Waals surface area contributed by atoms with E-state index in [1.807, 2.05) is 0 Å². The molecule has 3 N–H and O–H groups in total. The van der Waals surface area contributed by atoms with Crippen LogP contribution in [0, 0.1) is 0 Å². The van der Waals surface area contributed by atoms with Gasteiger partial charge in [-0.1, -0.05) is 6.07 Å². The Morgan fingerprint density at radius 2 is 2.36 bits per heavy atom. The average Bonchev–Trinajstić information content (AvgIpc) is 2.17. The molecule has 1 aromatic heterocycles. The van der Waals surface area contributed by atoms with Gasteiger partial charge in [-0.2, -0.15) is 0 Å². The third-order valence-corrected chi connectivity index (χ3v) is 1.56. The SMILES string of the molecule is NC(=O)COc1ccc(CCO)cn1. The normalized spacial score (nSPS) is 9.79. The van der Waals surface area contributed by atoms with Crippen molar-refractivity contribution in [2.75, 3.05) is 13.2 Å². The van der Waals surface area contributed by atoms with E-state index in [1.165, 1.54) is 0 Å². The van der Waals surface area contributed by atoms with E-state index in [4.69, 9.17) is 15.6 Å². The van der Waals surface area contributed by atoms with Crippen LogP contribution in [0.1, 0.15) is 5.56 Å². The van der Waals surface area contributed by atoms with Crippen molar-refractivity contribution in [3.05, 3.63) is 23.9 Å². The van der Waals surface area contributed by atoms with Crippen LogP contribution < -0.4 is 10.5 Å². The summed E-state index contributed by atoms with van der Waals surface area (Å²) in [5, 5.41) is 8.64. The van der Waals surface area contributed by atoms with E-state index in [2.05, 4.69) is 4.98 Å². The molecule has 1 rings (SSSR count). The molecule has 0 bridgehead atoms. The summed E-state index contributed by atoms with van der Waals surface area (Å²) in [5.41, 5.74) is 5.81. The first-order valence-electron chi connectivity index (χ1n) is 4.19. The van der Waals surface area contributed by atoms with Gasteiger partial charge in [-0.05, 0) is 12.0 Å². The summed E-state index contributed by atoms with van der Waals surface area (Å²) in [5.74, 6) is -0.184. The Labute approximate surface area is 81.5 Å². The largest absolute Gasteiger partial charge is 0.468 e. The molecule has 0 saturated carbocycles. The number of ether oxygens (including phenoxy) is 1. The van der Waals surface area contributed by atoms with Crippen molar-refractivity contribution in [1.82, 2.24) is 4.98 Å². The maximum Gasteiger partial charge on any atom is 0.255 e. The minimum atomic E-state index is -0.536. The van der Waals surface area contributed by atoms with Crippen molar-refractivity contribution in [2.24, 2.45) is 5.73 Å². The van der Waals surface area contributed by atoms with E-state index in [1.54, 1.807) is 18.3 Å². The maximum absolute atomic E-state index is 10.4. The Kier molecular flexibility index (Phi) is 3.87. The number of hydrogen-bond donors (Lipinski definition) is 2. The zero-order valence-electron chi connectivity index (χ0n) is 7.64. The summed E-state index contributed by atoms with van der Waals surface area (Å²) in [7, 11) is 0. The summed E-state index contributed by atoms with van der Waals surface area (Å²) in [6, 6.07) is 3.41. The van der Waals surface area contributed by atoms with Crippen molar-refractivity contribution in [2.45, 2.75) is 6.42 Å². The third kappa shape index (κ3) is 3.40. The van der Waals surface area contributed by atoms with E-state index in [9.17, 15) is 4.79 Å². The minimum Gasteiger partial charge on any atom is -0.468 e. The number of aromatic nitrogens is 1. The monoisotopic (exact) mass is 196 g/mol. The molecule has 0 aliphatic rings. The Morgan fingerprint density at radius 3 is 2.86 bits per heavy atom. The zero-order valence-corrected chi connectivity index (χ0v) is 7.64. The summed E-state index contributed by atoms with van der Waals surface area (Å²) in [6.45, 7) is -0.0878. The lowest BCUT2D eigenvalue weighted by Gasteiger charge is -2.02. The smallest absolute Gasteiger partial charge is 0.255 e. The third-order valence-electron chi connectivity index (χ3n) is 1.56. The second kappa shape index (κ2) is 5.18. The molecular weight excluding hydrogens is 184 g/mol. The Bertz CT molecular complexity index is 297. The van der Waals surface area contributed by atoms with Gasteiger partial charge >= 0.3 is 0 Å². The highest BCUT2D eigenvalue weighted by Gasteiger charge is 1.98. The van der Waals surface area contributed by atoms with Crippen LogP contribution in [0.3, 0.4) is 0 Å². The van der Waals surface area contributed by atoms with Crippen LogP contribution in [-0.2, 0) is 11.2 Å². The standard InChI is InChI=1S/C9H12N2O3/c10-8(13)6-14-9-2-1-7(3-4-12)5-11-9/h1-2,5,12H,3-4,6H2,(H2,10,13). The summed E-state index contributed by atoms with van der Waals surface area (Å²) in [4.78, 5) is 14.3. The fourth-order valence-electron chi connectivity index (χ4n) is 0.918. The number of aliphatic hydroxyl groups excluding tert-OH is 1. The van der Waals surface area contributed by atoms with Gasteiger partial charge < -0.3 is 15.6 Å². The summed E-state index contributed by atoms with van der Waals surface area (Å²) >= 11 is 0. The quantitative estimate of drug-likeness (QED) is 0.663. The molecule has 0 unspecified atom stereocenters. The molecule has 5 nitrogen and oxygen atoms in total. The zero-order chi connectivity index (χ0) is 10.4. The lowest BCUT2D eigenvalue weighted by Crippen LogP contribution is -2.20. The predicted octanol–water partition coefficient (Wildman–Crippen LogP) is -0.520. The molecule has 5 heteroatoms. The van der Waals surface area contributed by atoms with Gasteiger partial charge in [0.2, 0.25) is 5.88 Å². The van der Waals surface area contributed by atoms with Crippen molar-refractivity contribution in [3.63, 3.8) is 0 Å². The van der Waals surface area contributed by atoms with Gasteiger partial charge in [-0.3, -0.25) is 4.79 Å². The van der Waals surface area contributed by atoms with Crippen LogP contribution in [0.25, 0.3) is 0 Å². The van der Waals surface area contributed by atoms with E-state index in [-0.39, 0.29) is 13.2 Å². The second-order valence-electron chi connectivity index (χ2n) is 2.73. The highest BCUT2D eigenvalue weighted by molar-refractivity contribution is 5.75. The predicted molar refractivity (Wildman–Crippen MR) is 49.7 cm³/mol. The Hall–Kier alpha value is -1.62. The fraction of sp³-hybridized carbons (Fsp3) is 0.333. The number of nitrogens with zero attached hydrogens (tertiary/aromatic N) is 1. The number of carbonyl (C=O) groups excluding carboxylic acids is 1. The van der Waals surface area contributed by atoms with Gasteiger partial charge in [0, 0.05) is 18.9 Å². The number of nitrogens with two attached hydrogens (primary N) is 1. The maximum atomic E-state index is 10.4. The first kappa shape index (κ1) is 10.5. The van der Waals surface area contributed by atoms with Crippen LogP contribution in [-0.4, -0.2) is 29.2 Å². The molecule has 1 amide bonds. The fourth-order valence-corrected chi connectivity index (χ4v) is 0.918. The molecule has 0 radical (unpaired) electrons. The topological polar surface area (TPSA) is 85.4 Å². The number of carbonyl (C=O) groups is 1. The summed E-state index contributed by atoms with van der Waals surface area (Å²) in [6.07, 6.45) is 2.15. The highest BCUT2D eigenvalue weighted by atomic mass is 16.5. The first-order chi connectivity index (χ1) is 6.72. The van der Waals surface area contributed by atoms with Gasteiger partial charge in [0.1, 0.15) is 0 Å². The highest BCUT2D eigenvalue weighted by Crippen LogP contribution is 2.07. The van der Waals surface area contributed by atoms with Crippen molar-refractivity contribution < 1.29 is 14.6 Å². The van der Waals surface area contributed by atoms with Crippen LogP contribution in [0.2, 0.25) is 0 Å². The minimum absolute atomic E-state index is 0.0865. The average molecular weight is 196 g/mol. The number of primary amides is 1. The van der Waals surface area contributed by atoms with Gasteiger partial charge in [-0.15, -0.1) is 0 Å². The molecule has 1 heterocycles. The molecule has 0 spiro atoms. The van der Waals surface area contributed by atoms with Gasteiger partial charge in [-0.25, -0.2) is 4.98 Å². The van der Waals surface area contributed by atoms with Crippen molar-refractivity contribution in [3.8, 4) is 5.88 Å². The Balaban J connectivity index is 2.50. The molecule has 0 saturated heterocycles. The van der Waals surface area contributed by atoms with E-state index in [0.29, 0.717) is 12.3 Å². The number of amides is 1. The second-order valence-corrected chi connectivity index (χ2v) is 2.73. The van der Waals surface area contributed by atoms with Gasteiger partial charge in [0.15, 0.2) is 6.61 Å². The number of pyridine rings is 1. The van der Waals surface area contributed by atoms with Gasteiger partial charge in [0.05, 0.1) is 0 Å².